The van der Waals surface area contributed by atoms with Crippen molar-refractivity contribution >= 4 is 25.0 Å². The van der Waals surface area contributed by atoms with E-state index in [1.807, 2.05) is 0 Å². The molecule has 0 aliphatic carbocycles. The Morgan fingerprint density at radius 1 is 0.611 bits per heavy atom. The zero-order chi connectivity index (χ0) is 26.8. The SMILES string of the molecule is CCCCCCc1cc(B2OC(C)(C)C(C)(C)O2)c(CCCCCC)cc1B1CC(C)(C)C(C)(C)O1. The lowest BCUT2D eigenvalue weighted by atomic mass is 9.52. The van der Waals surface area contributed by atoms with E-state index in [1.165, 1.54) is 73.4 Å². The lowest BCUT2D eigenvalue weighted by Gasteiger charge is -2.34. The number of unbranched alkanes of at least 4 members (excludes halogenated alkanes) is 6. The summed E-state index contributed by atoms with van der Waals surface area (Å²) in [6.45, 7) is 22.6. The summed E-state index contributed by atoms with van der Waals surface area (Å²) < 4.78 is 20.0. The fourth-order valence-electron chi connectivity index (χ4n) is 5.57. The molecule has 2 aliphatic heterocycles. The molecular formula is C31H54B2O3. The van der Waals surface area contributed by atoms with Crippen LogP contribution in [0.2, 0.25) is 6.32 Å². The molecule has 2 heterocycles. The summed E-state index contributed by atoms with van der Waals surface area (Å²) in [7, 11) is -0.308. The maximum Gasteiger partial charge on any atom is 0.495 e. The van der Waals surface area contributed by atoms with Crippen LogP contribution in [0.4, 0.5) is 0 Å². The first kappa shape index (κ1) is 29.8. The van der Waals surface area contributed by atoms with Gasteiger partial charge in [0.1, 0.15) is 0 Å². The molecule has 0 aromatic heterocycles. The second kappa shape index (κ2) is 11.5. The number of hydrogen-bond acceptors (Lipinski definition) is 3. The van der Waals surface area contributed by atoms with Crippen molar-refractivity contribution in [1.82, 2.24) is 0 Å². The molecule has 0 atom stereocenters. The molecule has 0 radical (unpaired) electrons. The molecule has 0 N–H and O–H groups in total. The Labute approximate surface area is 224 Å². The van der Waals surface area contributed by atoms with Crippen LogP contribution in [-0.2, 0) is 26.8 Å². The molecule has 5 heteroatoms. The van der Waals surface area contributed by atoms with Gasteiger partial charge in [-0.2, -0.15) is 0 Å². The lowest BCUT2D eigenvalue weighted by Crippen LogP contribution is -2.42. The smallest absolute Gasteiger partial charge is 0.426 e. The maximum absolute atomic E-state index is 6.79. The molecule has 2 saturated heterocycles. The van der Waals surface area contributed by atoms with Crippen LogP contribution in [0.25, 0.3) is 0 Å². The van der Waals surface area contributed by atoms with E-state index in [4.69, 9.17) is 14.0 Å². The van der Waals surface area contributed by atoms with Crippen molar-refractivity contribution in [2.45, 2.75) is 157 Å². The number of aryl methyl sites for hydroxylation is 2. The Morgan fingerprint density at radius 3 is 1.53 bits per heavy atom. The fraction of sp³-hybridized carbons (Fsp3) is 0.806. The van der Waals surface area contributed by atoms with Gasteiger partial charge in [-0.1, -0.05) is 83.9 Å². The maximum atomic E-state index is 6.79. The first-order valence-electron chi connectivity index (χ1n) is 14.9. The minimum atomic E-state index is -0.334. The van der Waals surface area contributed by atoms with Gasteiger partial charge in [0.05, 0.1) is 16.8 Å². The summed E-state index contributed by atoms with van der Waals surface area (Å²) in [6.07, 6.45) is 13.3. The summed E-state index contributed by atoms with van der Waals surface area (Å²) in [5.74, 6) is 0. The van der Waals surface area contributed by atoms with Gasteiger partial charge in [0.25, 0.3) is 0 Å². The zero-order valence-corrected chi connectivity index (χ0v) is 25.3. The van der Waals surface area contributed by atoms with E-state index in [1.54, 1.807) is 0 Å². The predicted molar refractivity (Wildman–Crippen MR) is 157 cm³/mol. The van der Waals surface area contributed by atoms with Crippen molar-refractivity contribution in [2.75, 3.05) is 0 Å². The highest BCUT2D eigenvalue weighted by molar-refractivity contribution is 6.69. The first-order valence-corrected chi connectivity index (χ1v) is 14.9. The molecule has 0 spiro atoms. The third-order valence-corrected chi connectivity index (χ3v) is 9.62. The molecule has 0 bridgehead atoms. The highest BCUT2D eigenvalue weighted by Crippen LogP contribution is 2.45. The number of benzene rings is 1. The van der Waals surface area contributed by atoms with Gasteiger partial charge in [-0.15, -0.1) is 0 Å². The Kier molecular flexibility index (Phi) is 9.55. The molecule has 3 nitrogen and oxygen atoms in total. The highest BCUT2D eigenvalue weighted by atomic mass is 16.7. The summed E-state index contributed by atoms with van der Waals surface area (Å²) in [4.78, 5) is 0. The van der Waals surface area contributed by atoms with E-state index in [-0.39, 0.29) is 36.3 Å². The quantitative estimate of drug-likeness (QED) is 0.225. The Morgan fingerprint density at radius 2 is 1.08 bits per heavy atom. The van der Waals surface area contributed by atoms with Crippen molar-refractivity contribution < 1.29 is 14.0 Å². The third kappa shape index (κ3) is 6.44. The van der Waals surface area contributed by atoms with E-state index >= 15 is 0 Å². The van der Waals surface area contributed by atoms with Gasteiger partial charge >= 0.3 is 14.0 Å². The third-order valence-electron chi connectivity index (χ3n) is 9.62. The second-order valence-electron chi connectivity index (χ2n) is 13.7. The minimum Gasteiger partial charge on any atom is -0.426 e. The van der Waals surface area contributed by atoms with Crippen LogP contribution >= 0.6 is 0 Å². The molecule has 3 rings (SSSR count). The molecule has 0 amide bonds. The van der Waals surface area contributed by atoms with Gasteiger partial charge in [0.2, 0.25) is 0 Å². The van der Waals surface area contributed by atoms with Crippen LogP contribution in [0.1, 0.15) is 132 Å². The average molecular weight is 496 g/mol. The van der Waals surface area contributed by atoms with Crippen molar-refractivity contribution in [3.05, 3.63) is 23.3 Å². The van der Waals surface area contributed by atoms with E-state index in [0.29, 0.717) is 0 Å². The average Bonchev–Trinajstić information content (AvgIpc) is 3.13. The molecule has 1 aromatic rings. The topological polar surface area (TPSA) is 27.7 Å². The van der Waals surface area contributed by atoms with Crippen LogP contribution in [-0.4, -0.2) is 30.8 Å². The van der Waals surface area contributed by atoms with Gasteiger partial charge in [-0.05, 0) is 95.4 Å². The number of hydrogen-bond donors (Lipinski definition) is 0. The fourth-order valence-corrected chi connectivity index (χ4v) is 5.57. The molecule has 1 aromatic carbocycles. The predicted octanol–water partition coefficient (Wildman–Crippen LogP) is 7.26. The normalized spacial score (nSPS) is 21.9. The Bertz CT molecular complexity index is 771. The molecule has 2 aliphatic rings. The first-order chi connectivity index (χ1) is 16.7. The molecule has 0 saturated carbocycles. The highest BCUT2D eigenvalue weighted by Gasteiger charge is 2.53. The van der Waals surface area contributed by atoms with Crippen LogP contribution < -0.4 is 10.9 Å². The second-order valence-corrected chi connectivity index (χ2v) is 13.7. The van der Waals surface area contributed by atoms with Gasteiger partial charge in [0.15, 0.2) is 0 Å². The Hall–Kier alpha value is -0.770. The van der Waals surface area contributed by atoms with Crippen molar-refractivity contribution in [2.24, 2.45) is 5.41 Å². The molecule has 202 valence electrons. The minimum absolute atomic E-state index is 0.136. The van der Waals surface area contributed by atoms with Crippen LogP contribution in [0, 0.1) is 5.41 Å². The van der Waals surface area contributed by atoms with E-state index < -0.39 is 0 Å². The van der Waals surface area contributed by atoms with E-state index in [0.717, 1.165) is 19.2 Å². The zero-order valence-electron chi connectivity index (χ0n) is 25.3. The summed E-state index contributed by atoms with van der Waals surface area (Å²) in [5, 5.41) is 0. The van der Waals surface area contributed by atoms with Crippen LogP contribution in [0.5, 0.6) is 0 Å². The largest absolute Gasteiger partial charge is 0.495 e. The van der Waals surface area contributed by atoms with Gasteiger partial charge in [0, 0.05) is 0 Å². The van der Waals surface area contributed by atoms with Gasteiger partial charge in [-0.25, -0.2) is 0 Å². The number of rotatable bonds is 12. The van der Waals surface area contributed by atoms with Gasteiger partial charge < -0.3 is 14.0 Å². The molecular weight excluding hydrogens is 442 g/mol. The van der Waals surface area contributed by atoms with Crippen LogP contribution in [0.3, 0.4) is 0 Å². The van der Waals surface area contributed by atoms with E-state index in [9.17, 15) is 0 Å². The van der Waals surface area contributed by atoms with Crippen LogP contribution in [0.15, 0.2) is 12.1 Å². The Balaban J connectivity index is 2.02. The van der Waals surface area contributed by atoms with Crippen molar-refractivity contribution in [3.63, 3.8) is 0 Å². The summed E-state index contributed by atoms with van der Waals surface area (Å²) in [5.41, 5.74) is 4.83. The summed E-state index contributed by atoms with van der Waals surface area (Å²) in [6, 6.07) is 4.93. The lowest BCUT2D eigenvalue weighted by molar-refractivity contribution is 0.00578. The standard InChI is InChI=1S/C31H54B2O3/c1-11-13-15-17-19-24-22-27(33-35-30(7,8)31(9,10)36-33)25(20-18-16-14-12-2)21-26(24)32-23-28(3,4)29(5,6)34-32/h21-22H,11-20,23H2,1-10H3. The summed E-state index contributed by atoms with van der Waals surface area (Å²) >= 11 is 0. The van der Waals surface area contributed by atoms with Crippen molar-refractivity contribution in [1.29, 1.82) is 0 Å². The van der Waals surface area contributed by atoms with E-state index in [2.05, 4.69) is 81.4 Å². The van der Waals surface area contributed by atoms with Gasteiger partial charge in [-0.3, -0.25) is 0 Å². The molecule has 2 fully saturated rings. The monoisotopic (exact) mass is 496 g/mol. The molecule has 0 unspecified atom stereocenters. The molecule has 36 heavy (non-hydrogen) atoms. The van der Waals surface area contributed by atoms with Crippen molar-refractivity contribution in [3.8, 4) is 0 Å².